The molecule has 0 aromatic heterocycles. The van der Waals surface area contributed by atoms with E-state index in [-0.39, 0.29) is 24.9 Å². The highest BCUT2D eigenvalue weighted by Gasteiger charge is 2.20. The Bertz CT molecular complexity index is 370. The normalized spacial score (nSPS) is 15.1. The maximum atomic E-state index is 11.5. The standard InChI is InChI=1S/C14H24N2O4S/c1-19-12(17)8-9-16(10-13(18)20-2)14(21)15-11-6-4-3-5-7-11/h11H,3-10H2,1-2H3,(H,15,21). The summed E-state index contributed by atoms with van der Waals surface area (Å²) in [6, 6.07) is 0.351. The number of thiocarbonyl (C=S) groups is 1. The van der Waals surface area contributed by atoms with E-state index >= 15 is 0 Å². The van der Waals surface area contributed by atoms with Crippen LogP contribution in [-0.4, -0.2) is 55.3 Å². The summed E-state index contributed by atoms with van der Waals surface area (Å²) >= 11 is 5.37. The predicted molar refractivity (Wildman–Crippen MR) is 82.8 cm³/mol. The summed E-state index contributed by atoms with van der Waals surface area (Å²) in [5, 5.41) is 3.78. The second-order valence-corrected chi connectivity index (χ2v) is 5.49. The number of rotatable bonds is 6. The molecule has 7 heteroatoms. The molecule has 0 heterocycles. The average molecular weight is 316 g/mol. The summed E-state index contributed by atoms with van der Waals surface area (Å²) < 4.78 is 9.29. The van der Waals surface area contributed by atoms with Gasteiger partial charge in [0.1, 0.15) is 6.54 Å². The van der Waals surface area contributed by atoms with Gasteiger partial charge in [-0.3, -0.25) is 9.59 Å². The van der Waals surface area contributed by atoms with E-state index in [4.69, 9.17) is 12.2 Å². The Morgan fingerprint density at radius 3 is 2.33 bits per heavy atom. The minimum atomic E-state index is -0.382. The number of ether oxygens (including phenoxy) is 2. The third-order valence-electron chi connectivity index (χ3n) is 3.58. The molecule has 6 nitrogen and oxygen atoms in total. The Morgan fingerprint density at radius 1 is 1.14 bits per heavy atom. The highest BCUT2D eigenvalue weighted by Crippen LogP contribution is 2.17. The molecule has 21 heavy (non-hydrogen) atoms. The zero-order valence-electron chi connectivity index (χ0n) is 12.7. The lowest BCUT2D eigenvalue weighted by Gasteiger charge is -2.30. The smallest absolute Gasteiger partial charge is 0.325 e. The zero-order chi connectivity index (χ0) is 15.7. The first-order chi connectivity index (χ1) is 10.1. The molecule has 0 aromatic carbocycles. The first-order valence-corrected chi connectivity index (χ1v) is 7.66. The van der Waals surface area contributed by atoms with Gasteiger partial charge in [-0.2, -0.15) is 0 Å². The van der Waals surface area contributed by atoms with E-state index in [9.17, 15) is 9.59 Å². The van der Waals surface area contributed by atoms with Gasteiger partial charge in [0, 0.05) is 12.6 Å². The number of hydrogen-bond donors (Lipinski definition) is 1. The molecular formula is C14H24N2O4S. The van der Waals surface area contributed by atoms with Gasteiger partial charge in [-0.1, -0.05) is 19.3 Å². The van der Waals surface area contributed by atoms with Crippen LogP contribution in [0.25, 0.3) is 0 Å². The van der Waals surface area contributed by atoms with Crippen LogP contribution >= 0.6 is 12.2 Å². The van der Waals surface area contributed by atoms with Gasteiger partial charge in [0.2, 0.25) is 0 Å². The van der Waals surface area contributed by atoms with E-state index in [1.54, 1.807) is 4.90 Å². The highest BCUT2D eigenvalue weighted by molar-refractivity contribution is 7.80. The van der Waals surface area contributed by atoms with Crippen LogP contribution in [0.1, 0.15) is 38.5 Å². The lowest BCUT2D eigenvalue weighted by molar-refractivity contribution is -0.143. The lowest BCUT2D eigenvalue weighted by atomic mass is 9.96. The maximum absolute atomic E-state index is 11.5. The summed E-state index contributed by atoms with van der Waals surface area (Å²) in [5.74, 6) is -0.710. The number of methoxy groups -OCH3 is 2. The summed E-state index contributed by atoms with van der Waals surface area (Å²) in [5.41, 5.74) is 0. The van der Waals surface area contributed by atoms with E-state index in [2.05, 4.69) is 14.8 Å². The van der Waals surface area contributed by atoms with Crippen LogP contribution in [0.3, 0.4) is 0 Å². The third-order valence-corrected chi connectivity index (χ3v) is 3.96. The quantitative estimate of drug-likeness (QED) is 0.584. The molecule has 0 atom stereocenters. The van der Waals surface area contributed by atoms with Gasteiger partial charge in [0.15, 0.2) is 5.11 Å². The average Bonchev–Trinajstić information content (AvgIpc) is 2.51. The van der Waals surface area contributed by atoms with Crippen molar-refractivity contribution in [2.75, 3.05) is 27.3 Å². The molecule has 1 fully saturated rings. The zero-order valence-corrected chi connectivity index (χ0v) is 13.5. The molecule has 0 amide bonds. The summed E-state index contributed by atoms with van der Waals surface area (Å²) in [4.78, 5) is 24.4. The number of nitrogens with one attached hydrogen (secondary N) is 1. The van der Waals surface area contributed by atoms with Gasteiger partial charge in [-0.05, 0) is 25.1 Å². The lowest BCUT2D eigenvalue weighted by Crippen LogP contribution is -2.47. The van der Waals surface area contributed by atoms with Gasteiger partial charge >= 0.3 is 11.9 Å². The Labute approximate surface area is 131 Å². The molecular weight excluding hydrogens is 292 g/mol. The molecule has 0 saturated heterocycles. The molecule has 120 valence electrons. The molecule has 0 bridgehead atoms. The van der Waals surface area contributed by atoms with Crippen LogP contribution in [0.2, 0.25) is 0 Å². The number of carbonyl (C=O) groups excluding carboxylic acids is 2. The second kappa shape index (κ2) is 9.55. The topological polar surface area (TPSA) is 67.9 Å². The van der Waals surface area contributed by atoms with Gasteiger partial charge in [0.05, 0.1) is 20.6 Å². The molecule has 1 rings (SSSR count). The first kappa shape index (κ1) is 17.7. The molecule has 0 spiro atoms. The molecule has 0 aromatic rings. The summed E-state index contributed by atoms with van der Waals surface area (Å²) in [6.45, 7) is 0.367. The van der Waals surface area contributed by atoms with Crippen LogP contribution in [-0.2, 0) is 19.1 Å². The van der Waals surface area contributed by atoms with Gasteiger partial charge < -0.3 is 19.7 Å². The molecule has 1 aliphatic rings. The van der Waals surface area contributed by atoms with E-state index in [1.807, 2.05) is 0 Å². The fraction of sp³-hybridized carbons (Fsp3) is 0.786. The van der Waals surface area contributed by atoms with Crippen molar-refractivity contribution in [1.82, 2.24) is 10.2 Å². The molecule has 0 unspecified atom stereocenters. The van der Waals surface area contributed by atoms with Crippen molar-refractivity contribution in [2.24, 2.45) is 0 Å². The minimum absolute atomic E-state index is 0.0338. The SMILES string of the molecule is COC(=O)CCN(CC(=O)OC)C(=S)NC1CCCCC1. The number of carbonyl (C=O) groups is 2. The van der Waals surface area contributed by atoms with E-state index in [0.29, 0.717) is 17.7 Å². The Morgan fingerprint density at radius 2 is 1.76 bits per heavy atom. The Kier molecular flexibility index (Phi) is 8.04. The molecule has 1 saturated carbocycles. The number of hydrogen-bond acceptors (Lipinski definition) is 5. The highest BCUT2D eigenvalue weighted by atomic mass is 32.1. The van der Waals surface area contributed by atoms with Crippen LogP contribution in [0.5, 0.6) is 0 Å². The van der Waals surface area contributed by atoms with Crippen LogP contribution in [0, 0.1) is 0 Å². The third kappa shape index (κ3) is 6.75. The van der Waals surface area contributed by atoms with Gasteiger partial charge in [-0.15, -0.1) is 0 Å². The van der Waals surface area contributed by atoms with E-state index in [0.717, 1.165) is 12.8 Å². The summed E-state index contributed by atoms with van der Waals surface area (Å²) in [6.07, 6.45) is 6.00. The predicted octanol–water partition coefficient (Wildman–Crippen LogP) is 1.23. The fourth-order valence-electron chi connectivity index (χ4n) is 2.31. The van der Waals surface area contributed by atoms with Crippen molar-refractivity contribution in [3.8, 4) is 0 Å². The molecule has 1 aliphatic carbocycles. The van der Waals surface area contributed by atoms with Crippen molar-refractivity contribution in [1.29, 1.82) is 0 Å². The Balaban J connectivity index is 2.53. The van der Waals surface area contributed by atoms with Crippen molar-refractivity contribution < 1.29 is 19.1 Å². The van der Waals surface area contributed by atoms with Crippen LogP contribution in [0.4, 0.5) is 0 Å². The minimum Gasteiger partial charge on any atom is -0.469 e. The van der Waals surface area contributed by atoms with Crippen LogP contribution in [0.15, 0.2) is 0 Å². The Hall–Kier alpha value is -1.37. The van der Waals surface area contributed by atoms with Crippen molar-refractivity contribution in [2.45, 2.75) is 44.6 Å². The van der Waals surface area contributed by atoms with Gasteiger partial charge in [-0.25, -0.2) is 0 Å². The maximum Gasteiger partial charge on any atom is 0.325 e. The van der Waals surface area contributed by atoms with Crippen molar-refractivity contribution in [3.63, 3.8) is 0 Å². The van der Waals surface area contributed by atoms with Gasteiger partial charge in [0.25, 0.3) is 0 Å². The van der Waals surface area contributed by atoms with Crippen LogP contribution < -0.4 is 5.32 Å². The van der Waals surface area contributed by atoms with Crippen molar-refractivity contribution in [3.05, 3.63) is 0 Å². The van der Waals surface area contributed by atoms with E-state index in [1.165, 1.54) is 33.5 Å². The largest absolute Gasteiger partial charge is 0.469 e. The van der Waals surface area contributed by atoms with Crippen molar-refractivity contribution >= 4 is 29.3 Å². The number of nitrogens with zero attached hydrogens (tertiary/aromatic N) is 1. The number of esters is 2. The molecule has 0 aliphatic heterocycles. The fourth-order valence-corrected chi connectivity index (χ4v) is 2.64. The summed E-state index contributed by atoms with van der Waals surface area (Å²) in [7, 11) is 2.67. The first-order valence-electron chi connectivity index (χ1n) is 7.26. The second-order valence-electron chi connectivity index (χ2n) is 5.11. The van der Waals surface area contributed by atoms with E-state index < -0.39 is 0 Å². The molecule has 0 radical (unpaired) electrons. The molecule has 1 N–H and O–H groups in total. The monoisotopic (exact) mass is 316 g/mol.